The minimum absolute atomic E-state index is 0.0282. The smallest absolute Gasteiger partial charge is 0.250 e. The normalized spacial score (nSPS) is 11.6. The van der Waals surface area contributed by atoms with Crippen molar-refractivity contribution >= 4 is 8.03 Å². The molecular weight excluding hydrogens is 173 g/mol. The van der Waals surface area contributed by atoms with E-state index in [0.29, 0.717) is 5.75 Å². The molecule has 1 rings (SSSR count). The number of nitrogens with zero attached hydrogens (tertiary/aromatic N) is 1. The van der Waals surface area contributed by atoms with Gasteiger partial charge >= 0.3 is 0 Å². The maximum atomic E-state index is 11.0. The third kappa shape index (κ3) is 2.77. The van der Waals surface area contributed by atoms with Crippen LogP contribution in [0.25, 0.3) is 0 Å². The predicted molar refractivity (Wildman–Crippen MR) is 46.6 cm³/mol. The highest BCUT2D eigenvalue weighted by Crippen LogP contribution is 2.25. The molecule has 0 aliphatic rings. The summed E-state index contributed by atoms with van der Waals surface area (Å²) >= 11 is 0. The topological polar surface area (TPSA) is 50.1 Å². The first-order valence-corrected chi connectivity index (χ1v) is 4.98. The number of benzene rings is 1. The molecule has 0 spiro atoms. The van der Waals surface area contributed by atoms with E-state index in [1.54, 1.807) is 30.3 Å². The van der Waals surface area contributed by atoms with E-state index in [9.17, 15) is 4.57 Å². The van der Waals surface area contributed by atoms with E-state index in [1.165, 1.54) is 0 Å². The van der Waals surface area contributed by atoms with E-state index in [1.807, 2.05) is 6.07 Å². The Bertz CT molecular complexity index is 305. The first-order valence-electron chi connectivity index (χ1n) is 3.45. The molecule has 0 heterocycles. The maximum Gasteiger partial charge on any atom is 0.250 e. The van der Waals surface area contributed by atoms with Gasteiger partial charge in [-0.1, -0.05) is 18.2 Å². The Labute approximate surface area is 71.5 Å². The molecule has 0 bridgehead atoms. The van der Waals surface area contributed by atoms with Crippen molar-refractivity contribution in [3.05, 3.63) is 30.3 Å². The monoisotopic (exact) mass is 181 g/mol. The molecule has 4 heteroatoms. The molecule has 0 aliphatic carbocycles. The highest BCUT2D eigenvalue weighted by Gasteiger charge is 1.98. The maximum absolute atomic E-state index is 11.0. The minimum Gasteiger partial charge on any atom is -0.444 e. The first-order chi connectivity index (χ1) is 5.83. The van der Waals surface area contributed by atoms with Crippen molar-refractivity contribution in [1.82, 2.24) is 0 Å². The van der Waals surface area contributed by atoms with E-state index < -0.39 is 8.03 Å². The summed E-state index contributed by atoms with van der Waals surface area (Å²) in [6, 6.07) is 10.6. The standard InChI is InChI=1S/C8H8NO2P/c9-6-7-12(10)11-8-4-2-1-3-5-8/h1-5,12H,7H2. The Morgan fingerprint density at radius 1 is 1.42 bits per heavy atom. The molecule has 0 N–H and O–H groups in total. The number of para-hydroxylation sites is 1. The number of hydrogen-bond donors (Lipinski definition) is 0. The van der Waals surface area contributed by atoms with Gasteiger partial charge in [-0.25, -0.2) is 0 Å². The van der Waals surface area contributed by atoms with Gasteiger partial charge in [-0.15, -0.1) is 0 Å². The molecule has 1 unspecified atom stereocenters. The van der Waals surface area contributed by atoms with Gasteiger partial charge in [0.05, 0.1) is 6.07 Å². The Balaban J connectivity index is 2.54. The second-order valence-corrected chi connectivity index (χ2v) is 3.42. The van der Waals surface area contributed by atoms with Crippen LogP contribution in [0.4, 0.5) is 0 Å². The van der Waals surface area contributed by atoms with Crippen LogP contribution in [0.1, 0.15) is 0 Å². The number of hydrogen-bond acceptors (Lipinski definition) is 3. The molecule has 62 valence electrons. The average molecular weight is 181 g/mol. The summed E-state index contributed by atoms with van der Waals surface area (Å²) in [4.78, 5) is 0. The van der Waals surface area contributed by atoms with E-state index in [4.69, 9.17) is 9.79 Å². The van der Waals surface area contributed by atoms with Crippen molar-refractivity contribution in [2.75, 3.05) is 6.16 Å². The van der Waals surface area contributed by atoms with Crippen LogP contribution in [0.5, 0.6) is 5.75 Å². The quantitative estimate of drug-likeness (QED) is 0.670. The fourth-order valence-electron chi connectivity index (χ4n) is 0.721. The van der Waals surface area contributed by atoms with Crippen molar-refractivity contribution in [3.63, 3.8) is 0 Å². The van der Waals surface area contributed by atoms with Crippen LogP contribution in [-0.4, -0.2) is 6.16 Å². The Morgan fingerprint density at radius 2 is 2.08 bits per heavy atom. The Kier molecular flexibility index (Phi) is 3.37. The molecule has 1 aromatic carbocycles. The zero-order chi connectivity index (χ0) is 8.81. The SMILES string of the molecule is N#CC[PH](=O)Oc1ccccc1. The Morgan fingerprint density at radius 3 is 2.67 bits per heavy atom. The zero-order valence-corrected chi connectivity index (χ0v) is 7.36. The van der Waals surface area contributed by atoms with Crippen molar-refractivity contribution < 1.29 is 9.09 Å². The Hall–Kier alpha value is -1.26. The van der Waals surface area contributed by atoms with Gasteiger partial charge in [-0.05, 0) is 12.1 Å². The lowest BCUT2D eigenvalue weighted by molar-refractivity contribution is 0.508. The van der Waals surface area contributed by atoms with Gasteiger partial charge in [0.15, 0.2) is 0 Å². The van der Waals surface area contributed by atoms with Gasteiger partial charge in [-0.3, -0.25) is 4.57 Å². The minimum atomic E-state index is -2.20. The molecule has 0 saturated carbocycles. The molecular formula is C8H8NO2P. The highest BCUT2D eigenvalue weighted by atomic mass is 31.1. The van der Waals surface area contributed by atoms with Crippen LogP contribution in [0.2, 0.25) is 0 Å². The lowest BCUT2D eigenvalue weighted by Gasteiger charge is -2.01. The van der Waals surface area contributed by atoms with Crippen LogP contribution >= 0.6 is 8.03 Å². The van der Waals surface area contributed by atoms with Gasteiger partial charge in [-0.2, -0.15) is 5.26 Å². The molecule has 1 atom stereocenters. The first kappa shape index (κ1) is 8.83. The summed E-state index contributed by atoms with van der Waals surface area (Å²) < 4.78 is 15.9. The van der Waals surface area contributed by atoms with Crippen LogP contribution in [0, 0.1) is 11.3 Å². The second kappa shape index (κ2) is 4.58. The molecule has 0 aromatic heterocycles. The largest absolute Gasteiger partial charge is 0.444 e. The van der Waals surface area contributed by atoms with E-state index in [-0.39, 0.29) is 6.16 Å². The van der Waals surface area contributed by atoms with Gasteiger partial charge in [0.25, 0.3) is 0 Å². The summed E-state index contributed by atoms with van der Waals surface area (Å²) in [7, 11) is -2.20. The lowest BCUT2D eigenvalue weighted by atomic mass is 10.3. The summed E-state index contributed by atoms with van der Waals surface area (Å²) in [6.07, 6.45) is -0.0282. The molecule has 0 amide bonds. The van der Waals surface area contributed by atoms with Gasteiger partial charge in [0.1, 0.15) is 11.9 Å². The van der Waals surface area contributed by atoms with E-state index in [0.717, 1.165) is 0 Å². The van der Waals surface area contributed by atoms with Crippen molar-refractivity contribution in [1.29, 1.82) is 5.26 Å². The van der Waals surface area contributed by atoms with Crippen molar-refractivity contribution in [2.45, 2.75) is 0 Å². The summed E-state index contributed by atoms with van der Waals surface area (Å²) in [6.45, 7) is 0. The van der Waals surface area contributed by atoms with E-state index >= 15 is 0 Å². The molecule has 1 aromatic rings. The lowest BCUT2D eigenvalue weighted by Crippen LogP contribution is -1.82. The van der Waals surface area contributed by atoms with Crippen LogP contribution < -0.4 is 4.52 Å². The summed E-state index contributed by atoms with van der Waals surface area (Å²) in [5.74, 6) is 0.552. The molecule has 0 aliphatic heterocycles. The van der Waals surface area contributed by atoms with Gasteiger partial charge in [0, 0.05) is 0 Å². The van der Waals surface area contributed by atoms with Gasteiger partial charge < -0.3 is 4.52 Å². The van der Waals surface area contributed by atoms with Gasteiger partial charge in [0.2, 0.25) is 8.03 Å². The summed E-state index contributed by atoms with van der Waals surface area (Å²) in [5.41, 5.74) is 0. The summed E-state index contributed by atoms with van der Waals surface area (Å²) in [5, 5.41) is 8.21. The average Bonchev–Trinajstić information content (AvgIpc) is 2.06. The van der Waals surface area contributed by atoms with Crippen molar-refractivity contribution in [3.8, 4) is 11.8 Å². The highest BCUT2D eigenvalue weighted by molar-refractivity contribution is 7.39. The second-order valence-electron chi connectivity index (χ2n) is 2.12. The number of nitriles is 1. The molecule has 12 heavy (non-hydrogen) atoms. The predicted octanol–water partition coefficient (Wildman–Crippen LogP) is 2.06. The third-order valence-corrected chi connectivity index (χ3v) is 2.11. The fraction of sp³-hybridized carbons (Fsp3) is 0.125. The molecule has 3 nitrogen and oxygen atoms in total. The molecule has 0 fully saturated rings. The molecule has 0 saturated heterocycles. The van der Waals surface area contributed by atoms with Crippen LogP contribution in [0.15, 0.2) is 30.3 Å². The zero-order valence-electron chi connectivity index (χ0n) is 6.36. The fourth-order valence-corrected chi connectivity index (χ4v) is 1.32. The van der Waals surface area contributed by atoms with Crippen molar-refractivity contribution in [2.24, 2.45) is 0 Å². The van der Waals surface area contributed by atoms with Crippen LogP contribution in [0.3, 0.4) is 0 Å². The molecule has 0 radical (unpaired) electrons. The van der Waals surface area contributed by atoms with E-state index in [2.05, 4.69) is 0 Å². The van der Waals surface area contributed by atoms with Crippen LogP contribution in [-0.2, 0) is 4.57 Å². The number of rotatable bonds is 3. The third-order valence-electron chi connectivity index (χ3n) is 1.20.